The van der Waals surface area contributed by atoms with E-state index in [2.05, 4.69) is 4.90 Å². The van der Waals surface area contributed by atoms with Crippen molar-refractivity contribution in [1.82, 2.24) is 9.80 Å². The molecule has 1 amide bonds. The largest absolute Gasteiger partial charge is 0.444 e. The molecule has 0 aromatic carbocycles. The van der Waals surface area contributed by atoms with Crippen molar-refractivity contribution in [3.05, 3.63) is 0 Å². The van der Waals surface area contributed by atoms with E-state index < -0.39 is 5.60 Å². The van der Waals surface area contributed by atoms with E-state index in [1.54, 1.807) is 4.90 Å². The van der Waals surface area contributed by atoms with Crippen LogP contribution in [0.25, 0.3) is 0 Å². The summed E-state index contributed by atoms with van der Waals surface area (Å²) in [6, 6.07) is 0.163. The highest BCUT2D eigenvalue weighted by Gasteiger charge is 2.27. The van der Waals surface area contributed by atoms with Crippen molar-refractivity contribution in [1.29, 1.82) is 0 Å². The molecular weight excluding hydrogens is 220 g/mol. The van der Waals surface area contributed by atoms with Gasteiger partial charge in [-0.15, -0.1) is 0 Å². The number of aliphatic hydroxyl groups is 1. The Kier molecular flexibility index (Phi) is 4.77. The summed E-state index contributed by atoms with van der Waals surface area (Å²) in [5.41, 5.74) is -0.438. The molecule has 17 heavy (non-hydrogen) atoms. The average molecular weight is 244 g/mol. The summed E-state index contributed by atoms with van der Waals surface area (Å²) in [5, 5.41) is 9.07. The second kappa shape index (κ2) is 5.69. The van der Waals surface area contributed by atoms with Crippen LogP contribution in [0.1, 0.15) is 27.7 Å². The molecule has 100 valence electrons. The zero-order valence-corrected chi connectivity index (χ0v) is 11.3. The SMILES string of the molecule is C[C@@H](CO)N1CCN(C(=O)OC(C)(C)C)CC1. The van der Waals surface area contributed by atoms with Crippen LogP contribution in [0.2, 0.25) is 0 Å². The van der Waals surface area contributed by atoms with E-state index in [-0.39, 0.29) is 18.7 Å². The number of hydrogen-bond donors (Lipinski definition) is 1. The number of rotatable bonds is 2. The Labute approximate surface area is 103 Å². The third-order valence-corrected chi connectivity index (χ3v) is 2.85. The normalized spacial score (nSPS) is 20.2. The van der Waals surface area contributed by atoms with Crippen molar-refractivity contribution in [2.75, 3.05) is 32.8 Å². The first-order valence-corrected chi connectivity index (χ1v) is 6.16. The molecule has 0 bridgehead atoms. The van der Waals surface area contributed by atoms with Crippen molar-refractivity contribution < 1.29 is 14.6 Å². The number of aliphatic hydroxyl groups excluding tert-OH is 1. The molecule has 5 heteroatoms. The number of carbonyl (C=O) groups excluding carboxylic acids is 1. The summed E-state index contributed by atoms with van der Waals surface area (Å²) in [4.78, 5) is 15.7. The number of carbonyl (C=O) groups is 1. The van der Waals surface area contributed by atoms with Crippen LogP contribution in [0.15, 0.2) is 0 Å². The molecule has 0 spiro atoms. The molecule has 1 saturated heterocycles. The minimum Gasteiger partial charge on any atom is -0.444 e. The Hall–Kier alpha value is -0.810. The van der Waals surface area contributed by atoms with Crippen LogP contribution in [-0.2, 0) is 4.74 Å². The van der Waals surface area contributed by atoms with Gasteiger partial charge in [-0.3, -0.25) is 4.90 Å². The number of amides is 1. The maximum Gasteiger partial charge on any atom is 0.410 e. The average Bonchev–Trinajstić information content (AvgIpc) is 2.26. The van der Waals surface area contributed by atoms with Crippen LogP contribution in [0.5, 0.6) is 0 Å². The van der Waals surface area contributed by atoms with E-state index in [9.17, 15) is 4.79 Å². The van der Waals surface area contributed by atoms with E-state index >= 15 is 0 Å². The van der Waals surface area contributed by atoms with Gasteiger partial charge in [0.05, 0.1) is 6.61 Å². The van der Waals surface area contributed by atoms with Gasteiger partial charge in [0.15, 0.2) is 0 Å². The molecule has 0 saturated carbocycles. The maximum absolute atomic E-state index is 11.8. The quantitative estimate of drug-likeness (QED) is 0.785. The lowest BCUT2D eigenvalue weighted by atomic mass is 10.2. The zero-order valence-electron chi connectivity index (χ0n) is 11.3. The van der Waals surface area contributed by atoms with Gasteiger partial charge in [0.25, 0.3) is 0 Å². The monoisotopic (exact) mass is 244 g/mol. The van der Waals surface area contributed by atoms with Gasteiger partial charge < -0.3 is 14.7 Å². The second-order valence-corrected chi connectivity index (χ2v) is 5.53. The van der Waals surface area contributed by atoms with Gasteiger partial charge >= 0.3 is 6.09 Å². The first-order valence-electron chi connectivity index (χ1n) is 6.16. The minimum atomic E-state index is -0.438. The summed E-state index contributed by atoms with van der Waals surface area (Å²) in [7, 11) is 0. The Morgan fingerprint density at radius 1 is 1.29 bits per heavy atom. The first kappa shape index (κ1) is 14.3. The van der Waals surface area contributed by atoms with Crippen molar-refractivity contribution in [2.24, 2.45) is 0 Å². The molecule has 1 aliphatic rings. The third kappa shape index (κ3) is 4.52. The summed E-state index contributed by atoms with van der Waals surface area (Å²) in [6.07, 6.45) is -0.242. The summed E-state index contributed by atoms with van der Waals surface area (Å²) in [5.74, 6) is 0. The predicted molar refractivity (Wildman–Crippen MR) is 65.9 cm³/mol. The van der Waals surface area contributed by atoms with Gasteiger partial charge in [-0.2, -0.15) is 0 Å². The van der Waals surface area contributed by atoms with Crippen molar-refractivity contribution in [2.45, 2.75) is 39.3 Å². The highest BCUT2D eigenvalue weighted by molar-refractivity contribution is 5.68. The molecule has 5 nitrogen and oxygen atoms in total. The zero-order chi connectivity index (χ0) is 13.1. The molecule has 1 heterocycles. The fourth-order valence-electron chi connectivity index (χ4n) is 1.79. The van der Waals surface area contributed by atoms with Gasteiger partial charge in [0, 0.05) is 32.2 Å². The van der Waals surface area contributed by atoms with Crippen LogP contribution >= 0.6 is 0 Å². The Morgan fingerprint density at radius 2 is 1.82 bits per heavy atom. The highest BCUT2D eigenvalue weighted by Crippen LogP contribution is 2.12. The number of ether oxygens (including phenoxy) is 1. The first-order chi connectivity index (χ1) is 7.83. The van der Waals surface area contributed by atoms with Gasteiger partial charge in [-0.25, -0.2) is 4.79 Å². The molecule has 0 aromatic heterocycles. The van der Waals surface area contributed by atoms with Crippen molar-refractivity contribution in [3.63, 3.8) is 0 Å². The highest BCUT2D eigenvalue weighted by atomic mass is 16.6. The summed E-state index contributed by atoms with van der Waals surface area (Å²) >= 11 is 0. The third-order valence-electron chi connectivity index (χ3n) is 2.85. The lowest BCUT2D eigenvalue weighted by Gasteiger charge is -2.37. The Bertz CT molecular complexity index is 255. The van der Waals surface area contributed by atoms with Crippen molar-refractivity contribution >= 4 is 6.09 Å². The van der Waals surface area contributed by atoms with E-state index in [1.807, 2.05) is 27.7 Å². The van der Waals surface area contributed by atoms with Crippen molar-refractivity contribution in [3.8, 4) is 0 Å². The Morgan fingerprint density at radius 3 is 2.24 bits per heavy atom. The van der Waals surface area contributed by atoms with Crippen LogP contribution in [0, 0.1) is 0 Å². The fourth-order valence-corrected chi connectivity index (χ4v) is 1.79. The van der Waals surface area contributed by atoms with Crippen LogP contribution in [-0.4, -0.2) is 65.4 Å². The minimum absolute atomic E-state index is 0.159. The molecule has 1 aliphatic heterocycles. The van der Waals surface area contributed by atoms with Crippen LogP contribution in [0.3, 0.4) is 0 Å². The van der Waals surface area contributed by atoms with Gasteiger partial charge in [0.1, 0.15) is 5.60 Å². The second-order valence-electron chi connectivity index (χ2n) is 5.53. The van der Waals surface area contributed by atoms with Gasteiger partial charge in [-0.1, -0.05) is 0 Å². The topological polar surface area (TPSA) is 53.0 Å². The molecule has 0 aromatic rings. The number of nitrogens with zero attached hydrogens (tertiary/aromatic N) is 2. The molecule has 0 radical (unpaired) electrons. The lowest BCUT2D eigenvalue weighted by molar-refractivity contribution is 0.00816. The molecule has 1 rings (SSSR count). The number of hydrogen-bond acceptors (Lipinski definition) is 4. The molecule has 1 N–H and O–H groups in total. The summed E-state index contributed by atoms with van der Waals surface area (Å²) < 4.78 is 5.32. The molecular formula is C12H24N2O3. The smallest absolute Gasteiger partial charge is 0.410 e. The summed E-state index contributed by atoms with van der Waals surface area (Å²) in [6.45, 7) is 10.7. The van der Waals surface area contributed by atoms with Crippen LogP contribution < -0.4 is 0 Å². The molecule has 0 unspecified atom stereocenters. The van der Waals surface area contributed by atoms with E-state index in [1.165, 1.54) is 0 Å². The Balaban J connectivity index is 2.39. The van der Waals surface area contributed by atoms with Crippen LogP contribution in [0.4, 0.5) is 4.79 Å². The van der Waals surface area contributed by atoms with Gasteiger partial charge in [0.2, 0.25) is 0 Å². The molecule has 1 atom stereocenters. The van der Waals surface area contributed by atoms with E-state index in [4.69, 9.17) is 9.84 Å². The van der Waals surface area contributed by atoms with Gasteiger partial charge in [-0.05, 0) is 27.7 Å². The molecule has 1 fully saturated rings. The van der Waals surface area contributed by atoms with E-state index in [0.29, 0.717) is 13.1 Å². The lowest BCUT2D eigenvalue weighted by Crippen LogP contribution is -2.52. The number of piperazine rings is 1. The maximum atomic E-state index is 11.8. The molecule has 0 aliphatic carbocycles. The van der Waals surface area contributed by atoms with E-state index in [0.717, 1.165) is 13.1 Å². The fraction of sp³-hybridized carbons (Fsp3) is 0.917. The standard InChI is InChI=1S/C12H24N2O3/c1-10(9-15)13-5-7-14(8-6-13)11(16)17-12(2,3)4/h10,15H,5-9H2,1-4H3/t10-/m0/s1. The predicted octanol–water partition coefficient (Wildman–Crippen LogP) is 0.920.